The minimum absolute atomic E-state index is 0.0953. The molecule has 4 nitrogen and oxygen atoms in total. The highest BCUT2D eigenvalue weighted by molar-refractivity contribution is 5.68. The molecule has 2 aromatic rings. The zero-order valence-corrected chi connectivity index (χ0v) is 12.2. The summed E-state index contributed by atoms with van der Waals surface area (Å²) in [6.07, 6.45) is -2.20. The summed E-state index contributed by atoms with van der Waals surface area (Å²) in [5.74, 6) is -0.576. The third kappa shape index (κ3) is 2.80. The predicted molar refractivity (Wildman–Crippen MR) is 81.1 cm³/mol. The van der Waals surface area contributed by atoms with E-state index in [9.17, 15) is 19.4 Å². The summed E-state index contributed by atoms with van der Waals surface area (Å²) in [5.41, 5.74) is -0.984. The Balaban J connectivity index is 2.76. The lowest BCUT2D eigenvalue weighted by molar-refractivity contribution is 0.0731. The molecule has 0 saturated heterocycles. The van der Waals surface area contributed by atoms with E-state index in [1.54, 1.807) is 43.3 Å². The Bertz CT molecular complexity index is 647. The van der Waals surface area contributed by atoms with Crippen molar-refractivity contribution in [2.45, 2.75) is 25.0 Å². The second kappa shape index (κ2) is 6.58. The number of hydrogen-bond donors (Lipinski definition) is 3. The average Bonchev–Trinajstić information content (AvgIpc) is 2.53. The lowest BCUT2D eigenvalue weighted by Crippen LogP contribution is -2.54. The van der Waals surface area contributed by atoms with E-state index in [0.29, 0.717) is 5.56 Å². The molecule has 0 bridgehead atoms. The van der Waals surface area contributed by atoms with Crippen molar-refractivity contribution in [1.29, 1.82) is 0 Å². The molecular weight excluding hydrogens is 285 g/mol. The van der Waals surface area contributed by atoms with Gasteiger partial charge in [0.2, 0.25) is 0 Å². The zero-order valence-electron chi connectivity index (χ0n) is 12.2. The fourth-order valence-electron chi connectivity index (χ4n) is 2.71. The summed E-state index contributed by atoms with van der Waals surface area (Å²) in [6, 6.07) is 14.4. The Labute approximate surface area is 128 Å². The minimum Gasteiger partial charge on any atom is -0.465 e. The quantitative estimate of drug-likeness (QED) is 0.795. The Kier molecular flexibility index (Phi) is 4.78. The van der Waals surface area contributed by atoms with Gasteiger partial charge in [-0.05, 0) is 18.1 Å². The molecule has 0 aliphatic carbocycles. The summed E-state index contributed by atoms with van der Waals surface area (Å²) >= 11 is 0. The van der Waals surface area contributed by atoms with Gasteiger partial charge in [-0.2, -0.15) is 0 Å². The van der Waals surface area contributed by atoms with Crippen molar-refractivity contribution in [2.75, 3.05) is 0 Å². The van der Waals surface area contributed by atoms with Gasteiger partial charge in [-0.15, -0.1) is 0 Å². The third-order valence-electron chi connectivity index (χ3n) is 3.72. The molecule has 0 aromatic heterocycles. The first-order valence-electron chi connectivity index (χ1n) is 7.02. The van der Waals surface area contributed by atoms with Crippen LogP contribution in [0, 0.1) is 5.82 Å². The van der Waals surface area contributed by atoms with Crippen LogP contribution in [0.25, 0.3) is 0 Å². The number of aliphatic hydroxyl groups excluding tert-OH is 1. The fourth-order valence-corrected chi connectivity index (χ4v) is 2.71. The number of amides is 1. The topological polar surface area (TPSA) is 69.6 Å². The summed E-state index contributed by atoms with van der Waals surface area (Å²) in [7, 11) is 0. The van der Waals surface area contributed by atoms with E-state index < -0.39 is 23.6 Å². The number of aliphatic hydroxyl groups is 1. The van der Waals surface area contributed by atoms with Crippen molar-refractivity contribution in [2.24, 2.45) is 0 Å². The third-order valence-corrected chi connectivity index (χ3v) is 3.72. The molecule has 0 fully saturated rings. The molecule has 0 saturated carbocycles. The van der Waals surface area contributed by atoms with Gasteiger partial charge >= 0.3 is 6.09 Å². The van der Waals surface area contributed by atoms with Crippen molar-refractivity contribution < 1.29 is 19.4 Å². The van der Waals surface area contributed by atoms with E-state index in [2.05, 4.69) is 5.32 Å². The first-order chi connectivity index (χ1) is 10.5. The number of hydrogen-bond acceptors (Lipinski definition) is 2. The first kappa shape index (κ1) is 16.0. The number of carbonyl (C=O) groups is 1. The van der Waals surface area contributed by atoms with Crippen molar-refractivity contribution in [3.63, 3.8) is 0 Å². The molecular formula is C17H18FNO3. The maximum absolute atomic E-state index is 14.4. The molecule has 0 radical (unpaired) electrons. The van der Waals surface area contributed by atoms with Crippen LogP contribution < -0.4 is 5.32 Å². The van der Waals surface area contributed by atoms with Crippen LogP contribution in [0.3, 0.4) is 0 Å². The van der Waals surface area contributed by atoms with E-state index in [1.165, 1.54) is 18.2 Å². The molecule has 0 aliphatic rings. The molecule has 1 amide bonds. The Morgan fingerprint density at radius 2 is 1.77 bits per heavy atom. The summed E-state index contributed by atoms with van der Waals surface area (Å²) in [6.45, 7) is 1.72. The van der Waals surface area contributed by atoms with Crippen molar-refractivity contribution in [3.8, 4) is 0 Å². The van der Waals surface area contributed by atoms with Crippen LogP contribution in [-0.2, 0) is 5.54 Å². The molecule has 22 heavy (non-hydrogen) atoms. The standard InChI is InChI=1S/C17H18FNO3/c1-2-15(20)17(19-16(21)22,12-8-4-3-5-9-12)13-10-6-7-11-14(13)18/h3-11,15,19-20H,2H2,1H3,(H,21,22). The monoisotopic (exact) mass is 303 g/mol. The smallest absolute Gasteiger partial charge is 0.405 e. The van der Waals surface area contributed by atoms with Crippen molar-refractivity contribution >= 4 is 6.09 Å². The molecule has 0 heterocycles. The highest BCUT2D eigenvalue weighted by Gasteiger charge is 2.43. The van der Waals surface area contributed by atoms with Gasteiger partial charge in [0.05, 0.1) is 6.10 Å². The van der Waals surface area contributed by atoms with Crippen LogP contribution in [0.5, 0.6) is 0 Å². The van der Waals surface area contributed by atoms with E-state index in [4.69, 9.17) is 0 Å². The maximum atomic E-state index is 14.4. The summed E-state index contributed by atoms with van der Waals surface area (Å²) in [4.78, 5) is 11.3. The van der Waals surface area contributed by atoms with Crippen LogP contribution in [0.2, 0.25) is 0 Å². The minimum atomic E-state index is -1.56. The van der Waals surface area contributed by atoms with Gasteiger partial charge in [-0.1, -0.05) is 55.5 Å². The first-order valence-corrected chi connectivity index (χ1v) is 7.02. The molecule has 2 rings (SSSR count). The van der Waals surface area contributed by atoms with E-state index in [0.717, 1.165) is 0 Å². The second-order valence-corrected chi connectivity index (χ2v) is 5.01. The predicted octanol–water partition coefficient (Wildman–Crippen LogP) is 3.11. The van der Waals surface area contributed by atoms with Gasteiger partial charge in [-0.3, -0.25) is 0 Å². The SMILES string of the molecule is CCC(O)C(NC(=O)O)(c1ccccc1)c1ccccc1F. The fraction of sp³-hybridized carbons (Fsp3) is 0.235. The molecule has 2 aromatic carbocycles. The largest absolute Gasteiger partial charge is 0.465 e. The molecule has 0 aliphatic heterocycles. The number of halogens is 1. The Morgan fingerprint density at radius 1 is 1.18 bits per heavy atom. The average molecular weight is 303 g/mol. The summed E-state index contributed by atoms with van der Waals surface area (Å²) in [5, 5.41) is 22.2. The van der Waals surface area contributed by atoms with Crippen LogP contribution in [0.4, 0.5) is 9.18 Å². The normalized spacial score (nSPS) is 14.9. The van der Waals surface area contributed by atoms with Crippen LogP contribution in [0.15, 0.2) is 54.6 Å². The van der Waals surface area contributed by atoms with Crippen molar-refractivity contribution in [3.05, 3.63) is 71.5 Å². The van der Waals surface area contributed by atoms with Crippen LogP contribution >= 0.6 is 0 Å². The van der Waals surface area contributed by atoms with E-state index in [-0.39, 0.29) is 12.0 Å². The van der Waals surface area contributed by atoms with Gasteiger partial charge in [-0.25, -0.2) is 9.18 Å². The van der Waals surface area contributed by atoms with Gasteiger partial charge in [0.25, 0.3) is 0 Å². The highest BCUT2D eigenvalue weighted by Crippen LogP contribution is 2.36. The second-order valence-electron chi connectivity index (χ2n) is 5.01. The number of nitrogens with one attached hydrogen (secondary N) is 1. The van der Waals surface area contributed by atoms with E-state index >= 15 is 0 Å². The summed E-state index contributed by atoms with van der Waals surface area (Å²) < 4.78 is 14.4. The van der Waals surface area contributed by atoms with Crippen LogP contribution in [-0.4, -0.2) is 22.4 Å². The zero-order chi connectivity index (χ0) is 16.2. The Hall–Kier alpha value is -2.40. The van der Waals surface area contributed by atoms with Gasteiger partial charge in [0.1, 0.15) is 11.4 Å². The van der Waals surface area contributed by atoms with E-state index in [1.807, 2.05) is 0 Å². The van der Waals surface area contributed by atoms with Crippen molar-refractivity contribution in [1.82, 2.24) is 5.32 Å². The van der Waals surface area contributed by atoms with Gasteiger partial charge < -0.3 is 15.5 Å². The number of rotatable bonds is 5. The maximum Gasteiger partial charge on any atom is 0.405 e. The molecule has 2 unspecified atom stereocenters. The lowest BCUT2D eigenvalue weighted by Gasteiger charge is -2.38. The highest BCUT2D eigenvalue weighted by atomic mass is 19.1. The molecule has 116 valence electrons. The molecule has 0 spiro atoms. The number of benzene rings is 2. The Morgan fingerprint density at radius 3 is 2.32 bits per heavy atom. The molecule has 2 atom stereocenters. The molecule has 5 heteroatoms. The number of carboxylic acid groups (broad SMARTS) is 1. The van der Waals surface area contributed by atoms with Gasteiger partial charge in [0, 0.05) is 5.56 Å². The van der Waals surface area contributed by atoms with Gasteiger partial charge in [0.15, 0.2) is 0 Å². The lowest BCUT2D eigenvalue weighted by atomic mass is 9.77. The molecule has 3 N–H and O–H groups in total. The van der Waals surface area contributed by atoms with Crippen LogP contribution in [0.1, 0.15) is 24.5 Å².